The van der Waals surface area contributed by atoms with E-state index in [0.717, 1.165) is 0 Å². The summed E-state index contributed by atoms with van der Waals surface area (Å²) < 4.78 is 146. The summed E-state index contributed by atoms with van der Waals surface area (Å²) in [5, 5.41) is 0. The van der Waals surface area contributed by atoms with Gasteiger partial charge < -0.3 is 0 Å². The van der Waals surface area contributed by atoms with Crippen molar-refractivity contribution in [2.24, 2.45) is 5.92 Å². The Labute approximate surface area is 133 Å². The zero-order chi connectivity index (χ0) is 18.9. The zero-order valence-corrected chi connectivity index (χ0v) is 12.7. The van der Waals surface area contributed by atoms with Crippen molar-refractivity contribution in [3.8, 4) is 0 Å². The summed E-state index contributed by atoms with van der Waals surface area (Å²) in [4.78, 5) is 0. The van der Waals surface area contributed by atoms with Gasteiger partial charge in [0.05, 0.1) is 0 Å². The van der Waals surface area contributed by atoms with Crippen molar-refractivity contribution < 1.29 is 57.7 Å². The molecule has 0 amide bonds. The summed E-state index contributed by atoms with van der Waals surface area (Å²) in [7, 11) is -4.74. The second-order valence-corrected chi connectivity index (χ2v) is 8.08. The molecule has 25 heavy (non-hydrogen) atoms. The minimum Gasteiger partial charge on any atom is -0.280 e. The summed E-state index contributed by atoms with van der Waals surface area (Å²) in [6.07, 6.45) is -9.68. The number of hydrogen-bond acceptors (Lipinski definition) is 4. The van der Waals surface area contributed by atoms with Crippen molar-refractivity contribution >= 4 is 7.82 Å². The molecule has 144 valence electrons. The summed E-state index contributed by atoms with van der Waals surface area (Å²) in [6, 6.07) is 0. The molecule has 5 unspecified atom stereocenters. The van der Waals surface area contributed by atoms with Crippen molar-refractivity contribution in [3.63, 3.8) is 0 Å². The lowest BCUT2D eigenvalue weighted by molar-refractivity contribution is -0.421. The molecule has 1 spiro atoms. The normalized spacial score (nSPS) is 46.3. The largest absolute Gasteiger partial charge is 0.476 e. The van der Waals surface area contributed by atoms with Gasteiger partial charge in [0, 0.05) is 0 Å². The van der Waals surface area contributed by atoms with Crippen molar-refractivity contribution in [2.45, 2.75) is 60.5 Å². The number of hydrogen-bond donors (Lipinski definition) is 0. The van der Waals surface area contributed by atoms with Gasteiger partial charge >= 0.3 is 31.8 Å². The van der Waals surface area contributed by atoms with Crippen LogP contribution in [0.25, 0.3) is 0 Å². The summed E-state index contributed by atoms with van der Waals surface area (Å²) >= 11 is 0. The number of alkyl halides is 9. The van der Waals surface area contributed by atoms with Gasteiger partial charge in [0.15, 0.2) is 0 Å². The monoisotopic (exact) mass is 406 g/mol. The van der Waals surface area contributed by atoms with Crippen LogP contribution in [0.3, 0.4) is 0 Å². The predicted octanol–water partition coefficient (Wildman–Crippen LogP) is 4.30. The van der Waals surface area contributed by atoms with Gasteiger partial charge in [-0.25, -0.2) is 4.57 Å². The van der Waals surface area contributed by atoms with Crippen molar-refractivity contribution in [1.29, 1.82) is 0 Å². The van der Waals surface area contributed by atoms with Crippen LogP contribution in [0, 0.1) is 5.92 Å². The molecule has 4 fully saturated rings. The van der Waals surface area contributed by atoms with E-state index in [4.69, 9.17) is 4.52 Å². The number of phosphoric ester groups is 1. The number of fused-ring (bicyclic) bond motifs is 3. The SMILES string of the molecule is O=P12OC3C4CCC(C4)(O1)C3(C(F)(F)C(F)(F)C(F)(F)C(F)(F)F)O2. The molecule has 0 aromatic rings. The van der Waals surface area contributed by atoms with Crippen LogP contribution in [0.15, 0.2) is 0 Å². The number of halogens is 9. The van der Waals surface area contributed by atoms with Gasteiger partial charge in [0.2, 0.25) is 5.60 Å². The second-order valence-electron chi connectivity index (χ2n) is 6.61. The standard InChI is InChI=1S/C11H8F9O4P/c12-8(13,9(14,15)10(16,17)11(18,19)20)7-5-4-1-2-6(7,3-4)23-25(21,22-5)24-7/h4-5H,1-3H2. The third-order valence-electron chi connectivity index (χ3n) is 5.41. The Morgan fingerprint density at radius 3 is 2.04 bits per heavy atom. The van der Waals surface area contributed by atoms with Crippen LogP contribution in [-0.2, 0) is 18.1 Å². The van der Waals surface area contributed by atoms with Gasteiger partial charge in [-0.3, -0.25) is 13.6 Å². The first-order valence-corrected chi connectivity index (χ1v) is 8.43. The van der Waals surface area contributed by atoms with Crippen molar-refractivity contribution in [3.05, 3.63) is 0 Å². The maximum Gasteiger partial charge on any atom is 0.476 e. The number of phosphoric acid groups is 1. The molecule has 4 nitrogen and oxygen atoms in total. The molecule has 2 saturated carbocycles. The Morgan fingerprint density at radius 1 is 0.920 bits per heavy atom. The maximum atomic E-state index is 14.6. The molecule has 0 aromatic heterocycles. The molecular formula is C11H8F9O4P. The Balaban J connectivity index is 1.88. The van der Waals surface area contributed by atoms with E-state index in [9.17, 15) is 44.1 Å². The molecule has 0 N–H and O–H groups in total. The van der Waals surface area contributed by atoms with Crippen LogP contribution in [0.2, 0.25) is 0 Å². The van der Waals surface area contributed by atoms with E-state index < -0.39 is 67.8 Å². The smallest absolute Gasteiger partial charge is 0.280 e. The van der Waals surface area contributed by atoms with E-state index in [2.05, 4.69) is 9.05 Å². The Kier molecular flexibility index (Phi) is 2.97. The first kappa shape index (κ1) is 17.9. The number of rotatable bonds is 3. The molecular weight excluding hydrogens is 398 g/mol. The highest BCUT2D eigenvalue weighted by atomic mass is 31.2. The van der Waals surface area contributed by atoms with E-state index in [1.165, 1.54) is 0 Å². The van der Waals surface area contributed by atoms with Crippen LogP contribution in [-0.4, -0.2) is 41.2 Å². The molecule has 2 heterocycles. The average molecular weight is 406 g/mol. The van der Waals surface area contributed by atoms with Gasteiger partial charge in [0.25, 0.3) is 0 Å². The van der Waals surface area contributed by atoms with E-state index in [-0.39, 0.29) is 6.42 Å². The first-order valence-electron chi connectivity index (χ1n) is 6.97. The first-order chi connectivity index (χ1) is 11.1. The van der Waals surface area contributed by atoms with E-state index in [1.54, 1.807) is 0 Å². The van der Waals surface area contributed by atoms with E-state index in [0.29, 0.717) is 0 Å². The van der Waals surface area contributed by atoms with Crippen LogP contribution < -0.4 is 0 Å². The van der Waals surface area contributed by atoms with Gasteiger partial charge in [-0.1, -0.05) is 0 Å². The zero-order valence-electron chi connectivity index (χ0n) is 11.8. The van der Waals surface area contributed by atoms with Crippen LogP contribution in [0.4, 0.5) is 39.5 Å². The summed E-state index contributed by atoms with van der Waals surface area (Å²) in [6.45, 7) is 0. The lowest BCUT2D eigenvalue weighted by Gasteiger charge is -2.48. The molecule has 14 heteroatoms. The maximum absolute atomic E-state index is 14.6. The second kappa shape index (κ2) is 4.15. The Hall–Kier alpha value is -0.520. The lowest BCUT2D eigenvalue weighted by Crippen LogP contribution is -2.75. The molecule has 0 aromatic carbocycles. The van der Waals surface area contributed by atoms with Crippen molar-refractivity contribution in [2.75, 3.05) is 0 Å². The highest BCUT2D eigenvalue weighted by molar-refractivity contribution is 7.49. The molecule has 5 atom stereocenters. The van der Waals surface area contributed by atoms with Gasteiger partial charge in [-0.05, 0) is 25.2 Å². The molecule has 2 aliphatic heterocycles. The molecule has 0 radical (unpaired) electrons. The Morgan fingerprint density at radius 2 is 1.52 bits per heavy atom. The minimum absolute atomic E-state index is 0.104. The fourth-order valence-electron chi connectivity index (χ4n) is 4.40. The highest BCUT2D eigenvalue weighted by Gasteiger charge is 2.97. The summed E-state index contributed by atoms with van der Waals surface area (Å²) in [5.74, 6) is -21.0. The topological polar surface area (TPSA) is 44.8 Å². The van der Waals surface area contributed by atoms with Gasteiger partial charge in [0.1, 0.15) is 11.7 Å². The van der Waals surface area contributed by atoms with Gasteiger partial charge in [-0.2, -0.15) is 39.5 Å². The molecule has 2 aliphatic carbocycles. The lowest BCUT2D eigenvalue weighted by atomic mass is 9.71. The fourth-order valence-corrected chi connectivity index (χ4v) is 6.59. The highest BCUT2D eigenvalue weighted by Crippen LogP contribution is 2.85. The van der Waals surface area contributed by atoms with Crippen LogP contribution in [0.5, 0.6) is 0 Å². The van der Waals surface area contributed by atoms with E-state index in [1.807, 2.05) is 0 Å². The average Bonchev–Trinajstić information content (AvgIpc) is 3.07. The van der Waals surface area contributed by atoms with Crippen LogP contribution >= 0.6 is 7.82 Å². The van der Waals surface area contributed by atoms with Gasteiger partial charge in [-0.15, -0.1) is 0 Å². The van der Waals surface area contributed by atoms with Crippen molar-refractivity contribution in [1.82, 2.24) is 0 Å². The molecule has 4 aliphatic rings. The van der Waals surface area contributed by atoms with Crippen LogP contribution in [0.1, 0.15) is 19.3 Å². The van der Waals surface area contributed by atoms with E-state index >= 15 is 0 Å². The molecule has 4 rings (SSSR count). The third kappa shape index (κ3) is 1.59. The Bertz CT molecular complexity index is 694. The molecule has 4 bridgehead atoms. The minimum atomic E-state index is -7.06. The fraction of sp³-hybridized carbons (Fsp3) is 1.00. The third-order valence-corrected chi connectivity index (χ3v) is 6.98. The predicted molar refractivity (Wildman–Crippen MR) is 58.3 cm³/mol. The molecule has 2 saturated heterocycles. The summed E-state index contributed by atoms with van der Waals surface area (Å²) in [5.41, 5.74) is -6.03. The quantitative estimate of drug-likeness (QED) is 0.518.